The maximum Gasteiger partial charge on any atom is 0.673 e. The number of fused-ring (bicyclic) bond motifs is 1. The Labute approximate surface area is 156 Å². The van der Waals surface area contributed by atoms with Gasteiger partial charge in [0.1, 0.15) is 11.9 Å². The van der Waals surface area contributed by atoms with Crippen LogP contribution in [-0.4, -0.2) is 22.1 Å². The summed E-state index contributed by atoms with van der Waals surface area (Å²) in [6, 6.07) is 19.5. The molecule has 0 saturated carbocycles. The topological polar surface area (TPSA) is 34.8 Å². The minimum Gasteiger partial charge on any atom is -0.418 e. The maximum atomic E-state index is 9.75. The Morgan fingerprint density at radius 3 is 2.15 bits per heavy atom. The van der Waals surface area contributed by atoms with Crippen molar-refractivity contribution in [3.05, 3.63) is 78.1 Å². The van der Waals surface area contributed by atoms with Gasteiger partial charge < -0.3 is 17.3 Å². The van der Waals surface area contributed by atoms with Gasteiger partial charge in [0, 0.05) is 16.7 Å². The molecule has 0 aliphatic heterocycles. The lowest BCUT2D eigenvalue weighted by molar-refractivity contribution is -0.606. The summed E-state index contributed by atoms with van der Waals surface area (Å²) in [4.78, 5) is 6.31. The molecule has 2 aromatic heterocycles. The Bertz CT molecular complexity index is 1030. The molecule has 0 radical (unpaired) electrons. The van der Waals surface area contributed by atoms with Gasteiger partial charge in [0.15, 0.2) is 0 Å². The van der Waals surface area contributed by atoms with Crippen LogP contribution in [-0.2, 0) is 0 Å². The van der Waals surface area contributed by atoms with Gasteiger partial charge in [0.2, 0.25) is 5.69 Å². The standard InChI is InChI=1S/C17H12ClN4.BF4/c18-14-9-7-13(8-10-14)16-17-19-11-4-12-21(17)22(20-16)15-5-2-1-3-6-15;2-1(3,4)5/h1-12H;/q+1;-1. The maximum absolute atomic E-state index is 9.75. The molecule has 0 aliphatic rings. The number of benzene rings is 2. The summed E-state index contributed by atoms with van der Waals surface area (Å²) >= 11 is 5.97. The lowest BCUT2D eigenvalue weighted by Gasteiger charge is -1.96. The number of hydrogen-bond donors (Lipinski definition) is 0. The molecule has 0 aliphatic carbocycles. The molecule has 138 valence electrons. The summed E-state index contributed by atoms with van der Waals surface area (Å²) in [5, 5.41) is 5.44. The van der Waals surface area contributed by atoms with E-state index in [0.29, 0.717) is 5.02 Å². The molecule has 10 heteroatoms. The highest BCUT2D eigenvalue weighted by Gasteiger charge is 2.22. The van der Waals surface area contributed by atoms with Gasteiger partial charge in [0.25, 0.3) is 0 Å². The fraction of sp³-hybridized carbons (Fsp3) is 0. The predicted octanol–water partition coefficient (Wildman–Crippen LogP) is 4.63. The average Bonchev–Trinajstić information content (AvgIpc) is 3.02. The summed E-state index contributed by atoms with van der Waals surface area (Å²) in [5.41, 5.74) is 3.58. The number of para-hydroxylation sites is 1. The molecular weight excluding hydrogens is 382 g/mol. The Balaban J connectivity index is 0.000000376. The van der Waals surface area contributed by atoms with Crippen molar-refractivity contribution in [3.63, 3.8) is 0 Å². The van der Waals surface area contributed by atoms with Crippen LogP contribution in [0, 0.1) is 0 Å². The van der Waals surface area contributed by atoms with E-state index in [2.05, 4.69) is 4.98 Å². The van der Waals surface area contributed by atoms with E-state index >= 15 is 0 Å². The third kappa shape index (κ3) is 4.82. The monoisotopic (exact) mass is 394 g/mol. The van der Waals surface area contributed by atoms with Gasteiger partial charge in [-0.1, -0.05) is 34.6 Å². The number of nitrogens with zero attached hydrogens (tertiary/aromatic N) is 4. The first-order valence-corrected chi connectivity index (χ1v) is 8.15. The van der Waals surface area contributed by atoms with E-state index in [-0.39, 0.29) is 0 Å². The number of hydrogen-bond acceptors (Lipinski definition) is 2. The van der Waals surface area contributed by atoms with Crippen molar-refractivity contribution in [2.75, 3.05) is 0 Å². The van der Waals surface area contributed by atoms with Gasteiger partial charge in [-0.25, -0.2) is 0 Å². The SMILES string of the molecule is Clc1ccc(-c2nn(-c3ccccc3)[n+]3cccnc23)cc1.F[B-](F)(F)F. The molecule has 0 saturated heterocycles. The quantitative estimate of drug-likeness (QED) is 0.282. The normalized spacial score (nSPS) is 11.1. The predicted molar refractivity (Wildman–Crippen MR) is 95.2 cm³/mol. The average molecular weight is 395 g/mol. The Kier molecular flexibility index (Phi) is 5.41. The molecule has 0 amide bonds. The van der Waals surface area contributed by atoms with Crippen molar-refractivity contribution in [3.8, 4) is 16.9 Å². The largest absolute Gasteiger partial charge is 0.673 e. The zero-order chi connectivity index (χ0) is 19.4. The third-order valence-electron chi connectivity index (χ3n) is 3.44. The molecule has 0 unspecified atom stereocenters. The van der Waals surface area contributed by atoms with Gasteiger partial charge in [0.05, 0.1) is 6.20 Å². The van der Waals surface area contributed by atoms with E-state index in [0.717, 1.165) is 22.6 Å². The second-order valence-electron chi connectivity index (χ2n) is 5.36. The van der Waals surface area contributed by atoms with Crippen LogP contribution in [0.2, 0.25) is 5.02 Å². The Hall–Kier alpha value is -2.94. The van der Waals surface area contributed by atoms with Gasteiger partial charge >= 0.3 is 12.9 Å². The van der Waals surface area contributed by atoms with Crippen molar-refractivity contribution in [1.29, 1.82) is 0 Å². The Morgan fingerprint density at radius 2 is 1.52 bits per heavy atom. The smallest absolute Gasteiger partial charge is 0.418 e. The van der Waals surface area contributed by atoms with E-state index in [1.165, 1.54) is 0 Å². The fourth-order valence-electron chi connectivity index (χ4n) is 2.41. The minimum atomic E-state index is -6.00. The molecule has 0 spiro atoms. The van der Waals surface area contributed by atoms with E-state index in [1.54, 1.807) is 6.20 Å². The van der Waals surface area contributed by atoms with Crippen LogP contribution >= 0.6 is 11.6 Å². The summed E-state index contributed by atoms with van der Waals surface area (Å²) in [6.45, 7) is 0. The number of rotatable bonds is 2. The molecule has 2 aromatic carbocycles. The summed E-state index contributed by atoms with van der Waals surface area (Å²) in [7, 11) is -6.00. The van der Waals surface area contributed by atoms with Crippen molar-refractivity contribution in [1.82, 2.24) is 14.9 Å². The van der Waals surface area contributed by atoms with Gasteiger partial charge in [-0.05, 0) is 41.5 Å². The zero-order valence-corrected chi connectivity index (χ0v) is 14.4. The number of aromatic nitrogens is 4. The van der Waals surface area contributed by atoms with Crippen LogP contribution in [0.4, 0.5) is 17.3 Å². The minimum absolute atomic E-state index is 0.705. The second kappa shape index (κ2) is 7.75. The van der Waals surface area contributed by atoms with Crippen LogP contribution in [0.25, 0.3) is 22.6 Å². The lowest BCUT2D eigenvalue weighted by Crippen LogP contribution is -2.32. The van der Waals surface area contributed by atoms with E-state index in [9.17, 15) is 17.3 Å². The van der Waals surface area contributed by atoms with Gasteiger partial charge in [-0.3, -0.25) is 0 Å². The summed E-state index contributed by atoms with van der Waals surface area (Å²) in [6.07, 6.45) is 3.72. The van der Waals surface area contributed by atoms with Crippen molar-refractivity contribution in [2.45, 2.75) is 0 Å². The molecule has 4 aromatic rings. The first kappa shape index (κ1) is 18.8. The van der Waals surface area contributed by atoms with Crippen LogP contribution < -0.4 is 4.52 Å². The molecule has 2 heterocycles. The highest BCUT2D eigenvalue weighted by atomic mass is 35.5. The van der Waals surface area contributed by atoms with E-state index in [1.807, 2.05) is 76.2 Å². The second-order valence-corrected chi connectivity index (χ2v) is 5.80. The van der Waals surface area contributed by atoms with Crippen LogP contribution in [0.1, 0.15) is 0 Å². The molecule has 0 bridgehead atoms. The van der Waals surface area contributed by atoms with E-state index < -0.39 is 7.25 Å². The van der Waals surface area contributed by atoms with Gasteiger partial charge in [-0.2, -0.15) is 0 Å². The molecular formula is C17H12BClF4N4. The Morgan fingerprint density at radius 1 is 0.889 bits per heavy atom. The van der Waals surface area contributed by atoms with Crippen LogP contribution in [0.15, 0.2) is 73.1 Å². The highest BCUT2D eigenvalue weighted by molar-refractivity contribution is 6.50. The van der Waals surface area contributed by atoms with Gasteiger partial charge in [-0.15, -0.1) is 9.50 Å². The number of halogens is 5. The first-order valence-electron chi connectivity index (χ1n) is 7.77. The molecule has 0 N–H and O–H groups in total. The summed E-state index contributed by atoms with van der Waals surface area (Å²) < 4.78 is 40.9. The lowest BCUT2D eigenvalue weighted by atomic mass is 10.2. The van der Waals surface area contributed by atoms with Crippen molar-refractivity contribution < 1.29 is 21.8 Å². The molecule has 27 heavy (non-hydrogen) atoms. The highest BCUT2D eigenvalue weighted by Crippen LogP contribution is 2.22. The fourth-order valence-corrected chi connectivity index (χ4v) is 2.54. The molecule has 4 nitrogen and oxygen atoms in total. The first-order chi connectivity index (χ1) is 12.8. The van der Waals surface area contributed by atoms with E-state index in [4.69, 9.17) is 16.7 Å². The van der Waals surface area contributed by atoms with Crippen LogP contribution in [0.3, 0.4) is 0 Å². The van der Waals surface area contributed by atoms with Crippen molar-refractivity contribution >= 4 is 24.5 Å². The molecule has 0 atom stereocenters. The third-order valence-corrected chi connectivity index (χ3v) is 3.69. The van der Waals surface area contributed by atoms with Crippen LogP contribution in [0.5, 0.6) is 0 Å². The zero-order valence-electron chi connectivity index (χ0n) is 13.7. The molecule has 4 rings (SSSR count). The summed E-state index contributed by atoms with van der Waals surface area (Å²) in [5.74, 6) is 0. The molecule has 0 fully saturated rings. The van der Waals surface area contributed by atoms with Crippen molar-refractivity contribution in [2.24, 2.45) is 0 Å².